The molecule has 0 aromatic heterocycles. The molecule has 0 radical (unpaired) electrons. The van der Waals surface area contributed by atoms with Crippen LogP contribution in [0, 0.1) is 5.82 Å². The predicted molar refractivity (Wildman–Crippen MR) is 62.7 cm³/mol. The van der Waals surface area contributed by atoms with Gasteiger partial charge in [-0.15, -0.1) is 0 Å². The van der Waals surface area contributed by atoms with Crippen molar-refractivity contribution in [2.24, 2.45) is 0 Å². The van der Waals surface area contributed by atoms with Crippen LogP contribution in [-0.2, 0) is 6.54 Å². The third-order valence-corrected chi connectivity index (χ3v) is 2.19. The number of hydrogen-bond donors (Lipinski definition) is 3. The quantitative estimate of drug-likeness (QED) is 0.605. The Balaban J connectivity index is 2.10. The smallest absolute Gasteiger partial charge is 0.127 e. The molecule has 0 saturated carbocycles. The van der Waals surface area contributed by atoms with Crippen LogP contribution in [0.25, 0.3) is 0 Å². The zero-order valence-corrected chi connectivity index (χ0v) is 9.54. The molecule has 0 aliphatic heterocycles. The lowest BCUT2D eigenvalue weighted by atomic mass is 10.2. The molecular formula is C12H19FN2O. The molecule has 0 aliphatic rings. The molecule has 1 unspecified atom stereocenters. The zero-order valence-electron chi connectivity index (χ0n) is 9.54. The van der Waals surface area contributed by atoms with Gasteiger partial charge in [0.15, 0.2) is 0 Å². The van der Waals surface area contributed by atoms with E-state index in [2.05, 4.69) is 10.6 Å². The van der Waals surface area contributed by atoms with E-state index < -0.39 is 0 Å². The Hall–Kier alpha value is -0.970. The standard InChI is InChI=1S/C12H19FN2O/c1-10(16)8-14-6-7-15-9-11-4-2-3-5-12(11)13/h2-5,10,14-16H,6-9H2,1H3. The molecule has 0 bridgehead atoms. The van der Waals surface area contributed by atoms with Crippen molar-refractivity contribution in [3.05, 3.63) is 35.6 Å². The van der Waals surface area contributed by atoms with Gasteiger partial charge in [-0.25, -0.2) is 4.39 Å². The van der Waals surface area contributed by atoms with E-state index in [1.807, 2.05) is 6.07 Å². The van der Waals surface area contributed by atoms with Crippen LogP contribution in [0.15, 0.2) is 24.3 Å². The molecule has 16 heavy (non-hydrogen) atoms. The van der Waals surface area contributed by atoms with E-state index in [9.17, 15) is 4.39 Å². The van der Waals surface area contributed by atoms with Crippen LogP contribution in [0.2, 0.25) is 0 Å². The van der Waals surface area contributed by atoms with Crippen LogP contribution in [0.1, 0.15) is 12.5 Å². The average Bonchev–Trinajstić information content (AvgIpc) is 2.25. The molecule has 0 amide bonds. The maximum absolute atomic E-state index is 13.2. The van der Waals surface area contributed by atoms with E-state index in [0.717, 1.165) is 13.1 Å². The molecule has 1 aromatic carbocycles. The number of aliphatic hydroxyl groups is 1. The Morgan fingerprint density at radius 1 is 1.25 bits per heavy atom. The summed E-state index contributed by atoms with van der Waals surface area (Å²) in [5.41, 5.74) is 0.679. The summed E-state index contributed by atoms with van der Waals surface area (Å²) in [5, 5.41) is 15.2. The molecule has 0 aliphatic carbocycles. The van der Waals surface area contributed by atoms with Crippen LogP contribution in [0.4, 0.5) is 4.39 Å². The van der Waals surface area contributed by atoms with Gasteiger partial charge in [0.2, 0.25) is 0 Å². The minimum absolute atomic E-state index is 0.174. The largest absolute Gasteiger partial charge is 0.392 e. The van der Waals surface area contributed by atoms with Gasteiger partial charge in [0, 0.05) is 31.7 Å². The summed E-state index contributed by atoms with van der Waals surface area (Å²) in [6.07, 6.45) is -0.327. The minimum Gasteiger partial charge on any atom is -0.392 e. The van der Waals surface area contributed by atoms with Gasteiger partial charge in [0.25, 0.3) is 0 Å². The summed E-state index contributed by atoms with van der Waals surface area (Å²) in [6, 6.07) is 6.74. The third-order valence-electron chi connectivity index (χ3n) is 2.19. The lowest BCUT2D eigenvalue weighted by Gasteiger charge is -2.08. The van der Waals surface area contributed by atoms with Crippen molar-refractivity contribution in [1.82, 2.24) is 10.6 Å². The SMILES string of the molecule is CC(O)CNCCNCc1ccccc1F. The summed E-state index contributed by atoms with van der Waals surface area (Å²) in [4.78, 5) is 0. The third kappa shape index (κ3) is 5.21. The lowest BCUT2D eigenvalue weighted by molar-refractivity contribution is 0.191. The number of benzene rings is 1. The van der Waals surface area contributed by atoms with E-state index in [-0.39, 0.29) is 11.9 Å². The molecule has 0 heterocycles. The van der Waals surface area contributed by atoms with Crippen LogP contribution in [0.3, 0.4) is 0 Å². The normalized spacial score (nSPS) is 12.7. The van der Waals surface area contributed by atoms with E-state index in [1.165, 1.54) is 6.07 Å². The Bertz CT molecular complexity index is 305. The summed E-state index contributed by atoms with van der Waals surface area (Å²) < 4.78 is 13.2. The monoisotopic (exact) mass is 226 g/mol. The van der Waals surface area contributed by atoms with E-state index in [0.29, 0.717) is 18.7 Å². The van der Waals surface area contributed by atoms with Gasteiger partial charge in [-0.05, 0) is 13.0 Å². The molecule has 1 aromatic rings. The van der Waals surface area contributed by atoms with Crippen LogP contribution >= 0.6 is 0 Å². The fourth-order valence-electron chi connectivity index (χ4n) is 1.35. The highest BCUT2D eigenvalue weighted by Crippen LogP contribution is 2.04. The second-order valence-electron chi connectivity index (χ2n) is 3.82. The first-order valence-electron chi connectivity index (χ1n) is 5.53. The topological polar surface area (TPSA) is 44.3 Å². The minimum atomic E-state index is -0.327. The Morgan fingerprint density at radius 3 is 2.62 bits per heavy atom. The van der Waals surface area contributed by atoms with Crippen molar-refractivity contribution >= 4 is 0 Å². The Kier molecular flexibility index (Phi) is 6.00. The predicted octanol–water partition coefficient (Wildman–Crippen LogP) is 0.886. The van der Waals surface area contributed by atoms with Crippen molar-refractivity contribution in [3.63, 3.8) is 0 Å². The highest BCUT2D eigenvalue weighted by atomic mass is 19.1. The second-order valence-corrected chi connectivity index (χ2v) is 3.82. The number of nitrogens with one attached hydrogen (secondary N) is 2. The molecule has 3 N–H and O–H groups in total. The van der Waals surface area contributed by atoms with Gasteiger partial charge in [-0.3, -0.25) is 0 Å². The number of rotatable bonds is 7. The summed E-state index contributed by atoms with van der Waals surface area (Å²) in [5.74, 6) is -0.174. The van der Waals surface area contributed by atoms with Gasteiger partial charge in [0.1, 0.15) is 5.82 Å². The number of hydrogen-bond acceptors (Lipinski definition) is 3. The molecular weight excluding hydrogens is 207 g/mol. The Labute approximate surface area is 95.7 Å². The maximum Gasteiger partial charge on any atom is 0.127 e. The Morgan fingerprint density at radius 2 is 1.94 bits per heavy atom. The van der Waals surface area contributed by atoms with Crippen LogP contribution in [-0.4, -0.2) is 30.8 Å². The summed E-state index contributed by atoms with van der Waals surface area (Å²) in [7, 11) is 0. The average molecular weight is 226 g/mol. The lowest BCUT2D eigenvalue weighted by Crippen LogP contribution is -2.31. The molecule has 1 rings (SSSR count). The maximum atomic E-state index is 13.2. The first-order chi connectivity index (χ1) is 7.70. The fourth-order valence-corrected chi connectivity index (χ4v) is 1.35. The van der Waals surface area contributed by atoms with E-state index in [1.54, 1.807) is 19.1 Å². The van der Waals surface area contributed by atoms with Gasteiger partial charge >= 0.3 is 0 Å². The molecule has 1 atom stereocenters. The molecule has 4 heteroatoms. The van der Waals surface area contributed by atoms with Crippen LogP contribution < -0.4 is 10.6 Å². The van der Waals surface area contributed by atoms with Crippen molar-refractivity contribution in [2.45, 2.75) is 19.6 Å². The van der Waals surface area contributed by atoms with E-state index >= 15 is 0 Å². The highest BCUT2D eigenvalue weighted by molar-refractivity contribution is 5.16. The second kappa shape index (κ2) is 7.33. The van der Waals surface area contributed by atoms with Crippen molar-refractivity contribution in [1.29, 1.82) is 0 Å². The van der Waals surface area contributed by atoms with Crippen LogP contribution in [0.5, 0.6) is 0 Å². The van der Waals surface area contributed by atoms with Gasteiger partial charge < -0.3 is 15.7 Å². The van der Waals surface area contributed by atoms with E-state index in [4.69, 9.17) is 5.11 Å². The highest BCUT2D eigenvalue weighted by Gasteiger charge is 1.99. The van der Waals surface area contributed by atoms with Crippen molar-refractivity contribution in [2.75, 3.05) is 19.6 Å². The van der Waals surface area contributed by atoms with Gasteiger partial charge in [0.05, 0.1) is 6.10 Å². The number of halogens is 1. The molecule has 90 valence electrons. The molecule has 3 nitrogen and oxygen atoms in total. The first-order valence-corrected chi connectivity index (χ1v) is 5.53. The van der Waals surface area contributed by atoms with Gasteiger partial charge in [-0.1, -0.05) is 18.2 Å². The number of aliphatic hydroxyl groups excluding tert-OH is 1. The zero-order chi connectivity index (χ0) is 11.8. The molecule has 0 saturated heterocycles. The summed E-state index contributed by atoms with van der Waals surface area (Å²) >= 11 is 0. The van der Waals surface area contributed by atoms with Crippen molar-refractivity contribution in [3.8, 4) is 0 Å². The van der Waals surface area contributed by atoms with Crippen molar-refractivity contribution < 1.29 is 9.50 Å². The molecule has 0 spiro atoms. The summed E-state index contributed by atoms with van der Waals surface area (Å²) in [6.45, 7) is 4.37. The first kappa shape index (κ1) is 13.1. The molecule has 0 fully saturated rings. The van der Waals surface area contributed by atoms with Gasteiger partial charge in [-0.2, -0.15) is 0 Å². The fraction of sp³-hybridized carbons (Fsp3) is 0.500.